The van der Waals surface area contributed by atoms with Crippen LogP contribution in [0.15, 0.2) is 76.6 Å². The zero-order chi connectivity index (χ0) is 24.2. The van der Waals surface area contributed by atoms with Gasteiger partial charge in [-0.2, -0.15) is 9.78 Å². The van der Waals surface area contributed by atoms with E-state index in [4.69, 9.17) is 32.9 Å². The topological polar surface area (TPSA) is 56.5 Å². The van der Waals surface area contributed by atoms with E-state index < -0.39 is 0 Å². The molecule has 3 aromatic carbocycles. The standard InChI is InChI=1S/C28H25Cl2N3O2/c29-22-12-10-19(11-13-22)18-35-26-15-14-23(30)16-21(26)17-31-33-27(20-6-2-1-3-7-20)32-25-9-5-4-8-24(25)28(33)34/h4-5,8-17,20H,1-3,6-7,18H2. The van der Waals surface area contributed by atoms with E-state index >= 15 is 0 Å². The van der Waals surface area contributed by atoms with Crippen LogP contribution in [0.25, 0.3) is 10.9 Å². The van der Waals surface area contributed by atoms with Crippen LogP contribution in [-0.4, -0.2) is 15.9 Å². The van der Waals surface area contributed by atoms with Crippen LogP contribution in [0.5, 0.6) is 5.75 Å². The highest BCUT2D eigenvalue weighted by Crippen LogP contribution is 2.32. The van der Waals surface area contributed by atoms with Gasteiger partial charge in [-0.05, 0) is 60.9 Å². The molecule has 1 fully saturated rings. The second-order valence-electron chi connectivity index (χ2n) is 8.78. The van der Waals surface area contributed by atoms with Gasteiger partial charge >= 0.3 is 0 Å². The predicted octanol–water partition coefficient (Wildman–Crippen LogP) is 7.21. The van der Waals surface area contributed by atoms with Gasteiger partial charge in [-0.15, -0.1) is 0 Å². The summed E-state index contributed by atoms with van der Waals surface area (Å²) >= 11 is 12.3. The minimum absolute atomic E-state index is 0.168. The molecule has 0 amide bonds. The SMILES string of the molecule is O=c1c2ccccc2nc(C2CCCCC2)n1N=Cc1cc(Cl)ccc1OCc1ccc(Cl)cc1. The molecule has 1 aromatic heterocycles. The lowest BCUT2D eigenvalue weighted by Crippen LogP contribution is -2.25. The molecule has 1 aliphatic rings. The van der Waals surface area contributed by atoms with Crippen LogP contribution >= 0.6 is 23.2 Å². The molecule has 0 unspecified atom stereocenters. The van der Waals surface area contributed by atoms with Gasteiger partial charge in [0.15, 0.2) is 0 Å². The number of hydrogen-bond acceptors (Lipinski definition) is 4. The van der Waals surface area contributed by atoms with Crippen LogP contribution < -0.4 is 10.3 Å². The lowest BCUT2D eigenvalue weighted by atomic mass is 9.88. The van der Waals surface area contributed by atoms with Crippen molar-refractivity contribution in [1.82, 2.24) is 9.66 Å². The molecule has 178 valence electrons. The lowest BCUT2D eigenvalue weighted by Gasteiger charge is -2.22. The van der Waals surface area contributed by atoms with Gasteiger partial charge in [0.1, 0.15) is 18.2 Å². The Morgan fingerprint density at radius 3 is 2.51 bits per heavy atom. The lowest BCUT2D eigenvalue weighted by molar-refractivity contribution is 0.306. The minimum atomic E-state index is -0.168. The van der Waals surface area contributed by atoms with Gasteiger partial charge in [-0.25, -0.2) is 4.98 Å². The molecule has 7 heteroatoms. The van der Waals surface area contributed by atoms with Crippen molar-refractivity contribution in [1.29, 1.82) is 0 Å². The summed E-state index contributed by atoms with van der Waals surface area (Å²) in [6.45, 7) is 0.366. The van der Waals surface area contributed by atoms with Gasteiger partial charge in [0, 0.05) is 21.5 Å². The fourth-order valence-electron chi connectivity index (χ4n) is 4.49. The van der Waals surface area contributed by atoms with Crippen molar-refractivity contribution >= 4 is 40.3 Å². The molecule has 4 aromatic rings. The van der Waals surface area contributed by atoms with Gasteiger partial charge in [0.2, 0.25) is 0 Å². The normalized spacial score (nSPS) is 14.6. The third kappa shape index (κ3) is 5.42. The number of fused-ring (bicyclic) bond motifs is 1. The molecule has 0 bridgehead atoms. The highest BCUT2D eigenvalue weighted by atomic mass is 35.5. The zero-order valence-corrected chi connectivity index (χ0v) is 20.7. The summed E-state index contributed by atoms with van der Waals surface area (Å²) in [4.78, 5) is 18.3. The largest absolute Gasteiger partial charge is 0.488 e. The zero-order valence-electron chi connectivity index (χ0n) is 19.2. The summed E-state index contributed by atoms with van der Waals surface area (Å²) < 4.78 is 7.52. The van der Waals surface area contributed by atoms with E-state index in [9.17, 15) is 4.79 Å². The van der Waals surface area contributed by atoms with Crippen molar-refractivity contribution < 1.29 is 4.74 Å². The Bertz CT molecular complexity index is 1420. The van der Waals surface area contributed by atoms with Gasteiger partial charge < -0.3 is 4.74 Å². The summed E-state index contributed by atoms with van der Waals surface area (Å²) in [5.74, 6) is 1.54. The van der Waals surface area contributed by atoms with E-state index in [2.05, 4.69) is 5.10 Å². The van der Waals surface area contributed by atoms with Crippen molar-refractivity contribution in [2.75, 3.05) is 0 Å². The van der Waals surface area contributed by atoms with Gasteiger partial charge in [0.25, 0.3) is 5.56 Å². The Morgan fingerprint density at radius 1 is 0.971 bits per heavy atom. The number of aromatic nitrogens is 2. The molecule has 1 heterocycles. The molecule has 35 heavy (non-hydrogen) atoms. The molecule has 0 atom stereocenters. The molecule has 0 aliphatic heterocycles. The Kier molecular flexibility index (Phi) is 7.16. The first-order valence-electron chi connectivity index (χ1n) is 11.8. The van der Waals surface area contributed by atoms with E-state index in [1.165, 1.54) is 11.1 Å². The molecule has 1 saturated carbocycles. The fourth-order valence-corrected chi connectivity index (χ4v) is 4.80. The maximum Gasteiger partial charge on any atom is 0.282 e. The quantitative estimate of drug-likeness (QED) is 0.260. The predicted molar refractivity (Wildman–Crippen MR) is 142 cm³/mol. The van der Waals surface area contributed by atoms with Crippen LogP contribution in [0.3, 0.4) is 0 Å². The smallest absolute Gasteiger partial charge is 0.282 e. The second-order valence-corrected chi connectivity index (χ2v) is 9.65. The monoisotopic (exact) mass is 505 g/mol. The van der Waals surface area contributed by atoms with Gasteiger partial charge in [-0.3, -0.25) is 4.79 Å². The van der Waals surface area contributed by atoms with Crippen LogP contribution in [0.2, 0.25) is 10.0 Å². The third-order valence-electron chi connectivity index (χ3n) is 6.34. The van der Waals surface area contributed by atoms with Crippen molar-refractivity contribution in [2.45, 2.75) is 44.6 Å². The van der Waals surface area contributed by atoms with E-state index in [0.29, 0.717) is 38.9 Å². The molecule has 5 nitrogen and oxygen atoms in total. The molecule has 0 spiro atoms. The fraction of sp³-hybridized carbons (Fsp3) is 0.250. The minimum Gasteiger partial charge on any atom is -0.488 e. The first-order valence-corrected chi connectivity index (χ1v) is 12.6. The van der Waals surface area contributed by atoms with E-state index in [1.807, 2.05) is 48.5 Å². The van der Waals surface area contributed by atoms with Crippen molar-refractivity contribution in [2.24, 2.45) is 5.10 Å². The third-order valence-corrected chi connectivity index (χ3v) is 6.83. The first-order chi connectivity index (χ1) is 17.1. The Balaban J connectivity index is 1.51. The molecule has 0 radical (unpaired) electrons. The number of nitrogens with zero attached hydrogens (tertiary/aromatic N) is 3. The van der Waals surface area contributed by atoms with Crippen LogP contribution in [0.1, 0.15) is 55.0 Å². The van der Waals surface area contributed by atoms with E-state index in [0.717, 1.165) is 37.1 Å². The first kappa shape index (κ1) is 23.6. The summed E-state index contributed by atoms with van der Waals surface area (Å²) in [5.41, 5.74) is 2.21. The maximum atomic E-state index is 13.4. The number of halogens is 2. The molecule has 0 N–H and O–H groups in total. The van der Waals surface area contributed by atoms with Gasteiger partial charge in [0.05, 0.1) is 17.1 Å². The number of ether oxygens (including phenoxy) is 1. The van der Waals surface area contributed by atoms with Crippen LogP contribution in [0, 0.1) is 0 Å². The number of rotatable bonds is 6. The Hall–Kier alpha value is -3.15. The summed E-state index contributed by atoms with van der Waals surface area (Å²) in [5, 5.41) is 6.42. The summed E-state index contributed by atoms with van der Waals surface area (Å²) in [7, 11) is 0. The van der Waals surface area contributed by atoms with Crippen LogP contribution in [-0.2, 0) is 6.61 Å². The average Bonchev–Trinajstić information content (AvgIpc) is 2.89. The number of benzene rings is 3. The van der Waals surface area contributed by atoms with E-state index in [-0.39, 0.29) is 11.5 Å². The number of hydrogen-bond donors (Lipinski definition) is 0. The van der Waals surface area contributed by atoms with Crippen molar-refractivity contribution in [3.05, 3.63) is 104 Å². The average molecular weight is 506 g/mol. The van der Waals surface area contributed by atoms with Gasteiger partial charge in [-0.1, -0.05) is 66.7 Å². The molecule has 1 aliphatic carbocycles. The maximum absolute atomic E-state index is 13.4. The van der Waals surface area contributed by atoms with E-state index in [1.54, 1.807) is 24.4 Å². The molecular formula is C28H25Cl2N3O2. The Morgan fingerprint density at radius 2 is 1.71 bits per heavy atom. The highest BCUT2D eigenvalue weighted by Gasteiger charge is 2.22. The molecule has 0 saturated heterocycles. The summed E-state index contributed by atoms with van der Waals surface area (Å²) in [6, 6.07) is 20.3. The number of para-hydroxylation sites is 1. The summed E-state index contributed by atoms with van der Waals surface area (Å²) in [6.07, 6.45) is 7.13. The molecular weight excluding hydrogens is 481 g/mol. The Labute approximate surface area is 214 Å². The second kappa shape index (κ2) is 10.6. The highest BCUT2D eigenvalue weighted by molar-refractivity contribution is 6.31. The van der Waals surface area contributed by atoms with Crippen molar-refractivity contribution in [3.63, 3.8) is 0 Å². The van der Waals surface area contributed by atoms with Crippen LogP contribution in [0.4, 0.5) is 0 Å². The molecule has 5 rings (SSSR count). The van der Waals surface area contributed by atoms with Crippen molar-refractivity contribution in [3.8, 4) is 5.75 Å².